The van der Waals surface area contributed by atoms with E-state index in [1.165, 1.54) is 12.8 Å². The van der Waals surface area contributed by atoms with Crippen LogP contribution >= 0.6 is 11.6 Å². The molecule has 0 atom stereocenters. The van der Waals surface area contributed by atoms with Crippen LogP contribution in [0.5, 0.6) is 0 Å². The standard InChI is InChI=1S/C8H16ClNO/c9-5-6-10-8(7-11)3-1-2-4-8/h10-11H,1-7H2. The van der Waals surface area contributed by atoms with Crippen molar-refractivity contribution in [1.29, 1.82) is 0 Å². The Balaban J connectivity index is 2.33. The summed E-state index contributed by atoms with van der Waals surface area (Å²) in [5.74, 6) is 0.627. The molecule has 1 aliphatic rings. The zero-order valence-electron chi connectivity index (χ0n) is 6.77. The van der Waals surface area contributed by atoms with Gasteiger partial charge in [0.05, 0.1) is 6.61 Å². The van der Waals surface area contributed by atoms with Gasteiger partial charge in [-0.05, 0) is 12.8 Å². The summed E-state index contributed by atoms with van der Waals surface area (Å²) in [4.78, 5) is 0. The maximum atomic E-state index is 9.14. The zero-order valence-corrected chi connectivity index (χ0v) is 7.53. The first-order valence-corrected chi connectivity index (χ1v) is 4.78. The molecule has 1 saturated carbocycles. The third-order valence-electron chi connectivity index (χ3n) is 2.46. The molecule has 0 amide bonds. The maximum Gasteiger partial charge on any atom is 0.0613 e. The molecule has 1 fully saturated rings. The SMILES string of the molecule is OCC1(NCCCl)CCCC1. The lowest BCUT2D eigenvalue weighted by Crippen LogP contribution is -2.46. The number of halogens is 1. The smallest absolute Gasteiger partial charge is 0.0613 e. The minimum Gasteiger partial charge on any atom is -0.394 e. The largest absolute Gasteiger partial charge is 0.394 e. The van der Waals surface area contributed by atoms with Crippen molar-refractivity contribution in [2.75, 3.05) is 19.0 Å². The van der Waals surface area contributed by atoms with E-state index < -0.39 is 0 Å². The molecule has 1 rings (SSSR count). The minimum atomic E-state index is 0.00882. The van der Waals surface area contributed by atoms with E-state index in [0.29, 0.717) is 5.88 Å². The van der Waals surface area contributed by atoms with Crippen LogP contribution in [0.15, 0.2) is 0 Å². The van der Waals surface area contributed by atoms with Crippen molar-refractivity contribution in [2.45, 2.75) is 31.2 Å². The molecule has 2 N–H and O–H groups in total. The molecule has 1 aliphatic carbocycles. The predicted octanol–water partition coefficient (Wildman–Crippen LogP) is 1.12. The van der Waals surface area contributed by atoms with E-state index in [9.17, 15) is 0 Å². The summed E-state index contributed by atoms with van der Waals surface area (Å²) < 4.78 is 0. The Morgan fingerprint density at radius 1 is 1.36 bits per heavy atom. The van der Waals surface area contributed by atoms with Crippen LogP contribution in [0.4, 0.5) is 0 Å². The Hall–Kier alpha value is 0.210. The third-order valence-corrected chi connectivity index (χ3v) is 2.65. The van der Waals surface area contributed by atoms with E-state index in [1.54, 1.807) is 0 Å². The summed E-state index contributed by atoms with van der Waals surface area (Å²) in [7, 11) is 0. The van der Waals surface area contributed by atoms with Crippen LogP contribution in [-0.4, -0.2) is 29.7 Å². The van der Waals surface area contributed by atoms with E-state index in [-0.39, 0.29) is 12.1 Å². The van der Waals surface area contributed by atoms with Crippen molar-refractivity contribution in [1.82, 2.24) is 5.32 Å². The zero-order chi connectivity index (χ0) is 8.16. The fraction of sp³-hybridized carbons (Fsp3) is 1.00. The van der Waals surface area contributed by atoms with E-state index in [1.807, 2.05) is 0 Å². The van der Waals surface area contributed by atoms with Crippen LogP contribution in [0.25, 0.3) is 0 Å². The Labute approximate surface area is 72.9 Å². The molecule has 0 aliphatic heterocycles. The van der Waals surface area contributed by atoms with Gasteiger partial charge in [-0.15, -0.1) is 11.6 Å². The first kappa shape index (κ1) is 9.30. The van der Waals surface area contributed by atoms with E-state index in [4.69, 9.17) is 16.7 Å². The van der Waals surface area contributed by atoms with Gasteiger partial charge < -0.3 is 10.4 Å². The van der Waals surface area contributed by atoms with Gasteiger partial charge in [0.1, 0.15) is 0 Å². The maximum absolute atomic E-state index is 9.14. The highest BCUT2D eigenvalue weighted by atomic mass is 35.5. The number of rotatable bonds is 4. The molecule has 0 aromatic heterocycles. The Morgan fingerprint density at radius 2 is 2.00 bits per heavy atom. The summed E-state index contributed by atoms with van der Waals surface area (Å²) in [5.41, 5.74) is 0.00882. The number of alkyl halides is 1. The second-order valence-electron chi connectivity index (χ2n) is 3.26. The van der Waals surface area contributed by atoms with Gasteiger partial charge in [-0.2, -0.15) is 0 Å². The number of aliphatic hydroxyl groups is 1. The van der Waals surface area contributed by atoms with Gasteiger partial charge in [-0.25, -0.2) is 0 Å². The number of aliphatic hydroxyl groups excluding tert-OH is 1. The molecule has 0 spiro atoms. The number of nitrogens with one attached hydrogen (secondary N) is 1. The molecule has 11 heavy (non-hydrogen) atoms. The van der Waals surface area contributed by atoms with Gasteiger partial charge in [-0.1, -0.05) is 12.8 Å². The topological polar surface area (TPSA) is 32.3 Å². The van der Waals surface area contributed by atoms with Gasteiger partial charge in [0, 0.05) is 18.0 Å². The molecule has 66 valence electrons. The summed E-state index contributed by atoms with van der Waals surface area (Å²) >= 11 is 5.55. The van der Waals surface area contributed by atoms with E-state index >= 15 is 0 Å². The average Bonchev–Trinajstić information content (AvgIpc) is 2.50. The quantitative estimate of drug-likeness (QED) is 0.631. The van der Waals surface area contributed by atoms with Crippen LogP contribution in [0, 0.1) is 0 Å². The molecule has 2 nitrogen and oxygen atoms in total. The van der Waals surface area contributed by atoms with E-state index in [0.717, 1.165) is 19.4 Å². The molecular weight excluding hydrogens is 162 g/mol. The number of hydrogen-bond donors (Lipinski definition) is 2. The summed E-state index contributed by atoms with van der Waals surface area (Å²) in [5, 5.41) is 12.5. The predicted molar refractivity (Wildman–Crippen MR) is 47.0 cm³/mol. The van der Waals surface area contributed by atoms with Gasteiger partial charge in [-0.3, -0.25) is 0 Å². The van der Waals surface area contributed by atoms with Crippen LogP contribution in [-0.2, 0) is 0 Å². The van der Waals surface area contributed by atoms with Crippen LogP contribution in [0.1, 0.15) is 25.7 Å². The highest BCUT2D eigenvalue weighted by Crippen LogP contribution is 2.28. The summed E-state index contributed by atoms with van der Waals surface area (Å²) in [6.07, 6.45) is 4.66. The molecule has 0 saturated heterocycles. The molecular formula is C8H16ClNO. The van der Waals surface area contributed by atoms with Crippen molar-refractivity contribution in [3.8, 4) is 0 Å². The summed E-state index contributed by atoms with van der Waals surface area (Å²) in [6.45, 7) is 1.06. The minimum absolute atomic E-state index is 0.00882. The van der Waals surface area contributed by atoms with Crippen molar-refractivity contribution < 1.29 is 5.11 Å². The highest BCUT2D eigenvalue weighted by Gasteiger charge is 2.31. The summed E-state index contributed by atoms with van der Waals surface area (Å²) in [6, 6.07) is 0. The third kappa shape index (κ3) is 2.32. The van der Waals surface area contributed by atoms with Crippen molar-refractivity contribution in [3.63, 3.8) is 0 Å². The molecule has 0 heterocycles. The molecule has 0 aromatic rings. The van der Waals surface area contributed by atoms with Crippen molar-refractivity contribution in [2.24, 2.45) is 0 Å². The first-order valence-electron chi connectivity index (χ1n) is 4.25. The van der Waals surface area contributed by atoms with Crippen molar-refractivity contribution in [3.05, 3.63) is 0 Å². The lowest BCUT2D eigenvalue weighted by molar-refractivity contribution is 0.167. The molecule has 0 bridgehead atoms. The Kier molecular flexibility index (Phi) is 3.63. The molecule has 3 heteroatoms. The number of hydrogen-bond acceptors (Lipinski definition) is 2. The van der Waals surface area contributed by atoms with Crippen LogP contribution in [0.3, 0.4) is 0 Å². The van der Waals surface area contributed by atoms with Gasteiger partial charge in [0.15, 0.2) is 0 Å². The molecule has 0 unspecified atom stereocenters. The second kappa shape index (κ2) is 4.29. The average molecular weight is 178 g/mol. The first-order chi connectivity index (χ1) is 5.33. The van der Waals surface area contributed by atoms with Crippen LogP contribution in [0.2, 0.25) is 0 Å². The Bertz CT molecular complexity index is 113. The second-order valence-corrected chi connectivity index (χ2v) is 3.64. The normalized spacial score (nSPS) is 22.4. The van der Waals surface area contributed by atoms with Crippen molar-refractivity contribution >= 4 is 11.6 Å². The van der Waals surface area contributed by atoms with E-state index in [2.05, 4.69) is 5.32 Å². The van der Waals surface area contributed by atoms with Crippen LogP contribution < -0.4 is 5.32 Å². The Morgan fingerprint density at radius 3 is 2.45 bits per heavy atom. The highest BCUT2D eigenvalue weighted by molar-refractivity contribution is 6.18. The monoisotopic (exact) mass is 177 g/mol. The molecule has 0 aromatic carbocycles. The van der Waals surface area contributed by atoms with Gasteiger partial charge in [0.25, 0.3) is 0 Å². The lowest BCUT2D eigenvalue weighted by Gasteiger charge is -2.27. The molecule has 0 radical (unpaired) electrons. The fourth-order valence-electron chi connectivity index (χ4n) is 1.75. The van der Waals surface area contributed by atoms with Gasteiger partial charge >= 0.3 is 0 Å². The fourth-order valence-corrected chi connectivity index (χ4v) is 1.85. The van der Waals surface area contributed by atoms with Gasteiger partial charge in [0.2, 0.25) is 0 Å². The lowest BCUT2D eigenvalue weighted by atomic mass is 9.99.